The summed E-state index contributed by atoms with van der Waals surface area (Å²) in [5.74, 6) is -7.19. The Bertz CT molecular complexity index is 378. The molecule has 1 saturated carbocycles. The van der Waals surface area contributed by atoms with Crippen molar-refractivity contribution in [2.24, 2.45) is 17.8 Å². The van der Waals surface area contributed by atoms with Gasteiger partial charge in [-0.2, -0.15) is 8.78 Å². The maximum absolute atomic E-state index is 13.5. The summed E-state index contributed by atoms with van der Waals surface area (Å²) in [6, 6.07) is 0. The normalized spacial score (nSPS) is 33.8. The molecule has 0 spiro atoms. The molecule has 0 amide bonds. The number of allylic oxidation sites excluding steroid dienone is 2. The molecule has 5 heteroatoms. The van der Waals surface area contributed by atoms with E-state index in [-0.39, 0.29) is 11.8 Å². The van der Waals surface area contributed by atoms with Gasteiger partial charge in [-0.1, -0.05) is 18.6 Å². The average Bonchev–Trinajstić information content (AvgIpc) is 2.28. The number of aliphatic carboxylic acids is 1. The minimum atomic E-state index is -4.07. The molecule has 3 nitrogen and oxygen atoms in total. The molecule has 2 rings (SSSR count). The molecule has 2 bridgehead atoms. The van der Waals surface area contributed by atoms with Crippen LogP contribution in [0.25, 0.3) is 0 Å². The standard InChI is InChI=1S/C13H18F2O3/c1-7-5-8-3-2-4-9(6-8)10(7)11(16)13(14,15)12(17)18/h5,7,9-11,16H,2-4,6H2,1H3,(H,17,18). The van der Waals surface area contributed by atoms with Crippen molar-refractivity contribution in [3.63, 3.8) is 0 Å². The Morgan fingerprint density at radius 1 is 1.56 bits per heavy atom. The predicted molar refractivity (Wildman–Crippen MR) is 61.3 cm³/mol. The van der Waals surface area contributed by atoms with Crippen molar-refractivity contribution in [3.05, 3.63) is 11.6 Å². The average molecular weight is 260 g/mol. The summed E-state index contributed by atoms with van der Waals surface area (Å²) in [6.07, 6.45) is 3.28. The lowest BCUT2D eigenvalue weighted by Crippen LogP contribution is -2.50. The second-order valence-corrected chi connectivity index (χ2v) is 5.49. The molecule has 2 aliphatic rings. The number of carboxylic acids is 1. The van der Waals surface area contributed by atoms with Gasteiger partial charge in [-0.15, -0.1) is 0 Å². The van der Waals surface area contributed by atoms with E-state index >= 15 is 0 Å². The third-order valence-electron chi connectivity index (χ3n) is 4.27. The van der Waals surface area contributed by atoms with Crippen molar-refractivity contribution in [3.8, 4) is 0 Å². The number of hydrogen-bond donors (Lipinski definition) is 2. The summed E-state index contributed by atoms with van der Waals surface area (Å²) >= 11 is 0. The van der Waals surface area contributed by atoms with E-state index in [1.165, 1.54) is 5.57 Å². The number of alkyl halides is 2. The van der Waals surface area contributed by atoms with Gasteiger partial charge in [-0.05, 0) is 37.5 Å². The topological polar surface area (TPSA) is 57.5 Å². The Morgan fingerprint density at radius 2 is 2.22 bits per heavy atom. The van der Waals surface area contributed by atoms with Crippen LogP contribution in [0.15, 0.2) is 11.6 Å². The predicted octanol–water partition coefficient (Wildman–Crippen LogP) is 2.45. The quantitative estimate of drug-likeness (QED) is 0.766. The van der Waals surface area contributed by atoms with Crippen molar-refractivity contribution in [1.29, 1.82) is 0 Å². The number of fused-ring (bicyclic) bond motifs is 2. The van der Waals surface area contributed by atoms with E-state index in [2.05, 4.69) is 0 Å². The lowest BCUT2D eigenvalue weighted by Gasteiger charge is -2.42. The molecule has 4 unspecified atom stereocenters. The van der Waals surface area contributed by atoms with Gasteiger partial charge in [-0.25, -0.2) is 4.79 Å². The minimum Gasteiger partial charge on any atom is -0.477 e. The van der Waals surface area contributed by atoms with E-state index in [1.807, 2.05) is 6.08 Å². The van der Waals surface area contributed by atoms with E-state index < -0.39 is 23.9 Å². The van der Waals surface area contributed by atoms with Crippen LogP contribution in [0.3, 0.4) is 0 Å². The van der Waals surface area contributed by atoms with Gasteiger partial charge in [0.2, 0.25) is 0 Å². The highest BCUT2D eigenvalue weighted by Gasteiger charge is 2.53. The number of halogens is 2. The Morgan fingerprint density at radius 3 is 2.83 bits per heavy atom. The molecule has 102 valence electrons. The summed E-state index contributed by atoms with van der Waals surface area (Å²) in [7, 11) is 0. The van der Waals surface area contributed by atoms with E-state index in [0.717, 1.165) is 25.7 Å². The van der Waals surface area contributed by atoms with Crippen LogP contribution in [-0.2, 0) is 4.79 Å². The molecule has 0 aromatic carbocycles. The van der Waals surface area contributed by atoms with Crippen molar-refractivity contribution in [2.75, 3.05) is 0 Å². The van der Waals surface area contributed by atoms with Gasteiger partial charge < -0.3 is 10.2 Å². The third kappa shape index (κ3) is 2.16. The van der Waals surface area contributed by atoms with Crippen LogP contribution in [0, 0.1) is 17.8 Å². The molecule has 0 aliphatic heterocycles. The van der Waals surface area contributed by atoms with Crippen LogP contribution >= 0.6 is 0 Å². The lowest BCUT2D eigenvalue weighted by molar-refractivity contribution is -0.193. The molecule has 0 heterocycles. The van der Waals surface area contributed by atoms with Crippen LogP contribution in [-0.4, -0.2) is 28.2 Å². The Labute approximate surface area is 104 Å². The lowest BCUT2D eigenvalue weighted by atomic mass is 9.65. The highest BCUT2D eigenvalue weighted by Crippen LogP contribution is 2.46. The van der Waals surface area contributed by atoms with E-state index in [1.54, 1.807) is 6.92 Å². The zero-order valence-corrected chi connectivity index (χ0v) is 10.3. The van der Waals surface area contributed by atoms with Crippen LogP contribution in [0.4, 0.5) is 8.78 Å². The van der Waals surface area contributed by atoms with Gasteiger partial charge in [0.25, 0.3) is 0 Å². The van der Waals surface area contributed by atoms with Crippen LogP contribution < -0.4 is 0 Å². The van der Waals surface area contributed by atoms with E-state index in [0.29, 0.717) is 0 Å². The zero-order chi connectivity index (χ0) is 13.5. The van der Waals surface area contributed by atoms with Crippen molar-refractivity contribution in [1.82, 2.24) is 0 Å². The van der Waals surface area contributed by atoms with Crippen LogP contribution in [0.1, 0.15) is 32.6 Å². The van der Waals surface area contributed by atoms with Crippen molar-refractivity contribution >= 4 is 5.97 Å². The number of aliphatic hydroxyl groups is 1. The first-order valence-electron chi connectivity index (χ1n) is 6.33. The third-order valence-corrected chi connectivity index (χ3v) is 4.27. The highest BCUT2D eigenvalue weighted by atomic mass is 19.3. The summed E-state index contributed by atoms with van der Waals surface area (Å²) < 4.78 is 26.9. The van der Waals surface area contributed by atoms with Crippen molar-refractivity contribution in [2.45, 2.75) is 44.6 Å². The Hall–Kier alpha value is -0.970. The Kier molecular flexibility index (Phi) is 3.45. The van der Waals surface area contributed by atoms with Crippen LogP contribution in [0.2, 0.25) is 0 Å². The maximum atomic E-state index is 13.5. The number of hydrogen-bond acceptors (Lipinski definition) is 2. The molecule has 4 atom stereocenters. The first-order chi connectivity index (χ1) is 8.34. The smallest absolute Gasteiger partial charge is 0.377 e. The highest BCUT2D eigenvalue weighted by molar-refractivity contribution is 5.76. The van der Waals surface area contributed by atoms with Crippen LogP contribution in [0.5, 0.6) is 0 Å². The number of rotatable bonds is 3. The molecule has 18 heavy (non-hydrogen) atoms. The van der Waals surface area contributed by atoms with Gasteiger partial charge in [-0.3, -0.25) is 0 Å². The molecule has 0 aromatic rings. The molecule has 1 fully saturated rings. The zero-order valence-electron chi connectivity index (χ0n) is 10.3. The molecule has 2 N–H and O–H groups in total. The fraction of sp³-hybridized carbons (Fsp3) is 0.769. The molecule has 2 aliphatic carbocycles. The fourth-order valence-corrected chi connectivity index (χ4v) is 3.44. The first kappa shape index (κ1) is 13.5. The number of carboxylic acid groups (broad SMARTS) is 1. The molecular formula is C13H18F2O3. The van der Waals surface area contributed by atoms with E-state index in [9.17, 15) is 18.7 Å². The van der Waals surface area contributed by atoms with Crippen molar-refractivity contribution < 1.29 is 23.8 Å². The SMILES string of the molecule is CC1C=C2CCCC(C2)C1C(O)C(F)(F)C(=O)O. The summed E-state index contributed by atoms with van der Waals surface area (Å²) in [6.45, 7) is 1.78. The van der Waals surface area contributed by atoms with Gasteiger partial charge >= 0.3 is 11.9 Å². The fourth-order valence-electron chi connectivity index (χ4n) is 3.44. The minimum absolute atomic E-state index is 0.0195. The second kappa shape index (κ2) is 4.61. The number of aliphatic hydroxyl groups excluding tert-OH is 1. The second-order valence-electron chi connectivity index (χ2n) is 5.49. The summed E-state index contributed by atoms with van der Waals surface area (Å²) in [5.41, 5.74) is 1.26. The summed E-state index contributed by atoms with van der Waals surface area (Å²) in [5, 5.41) is 18.3. The van der Waals surface area contributed by atoms with Gasteiger partial charge in [0.05, 0.1) is 0 Å². The Balaban J connectivity index is 2.24. The first-order valence-corrected chi connectivity index (χ1v) is 6.33. The monoisotopic (exact) mass is 260 g/mol. The van der Waals surface area contributed by atoms with E-state index in [4.69, 9.17) is 5.11 Å². The number of carbonyl (C=O) groups is 1. The summed E-state index contributed by atoms with van der Waals surface area (Å²) in [4.78, 5) is 10.6. The molecule has 0 radical (unpaired) electrons. The van der Waals surface area contributed by atoms with Gasteiger partial charge in [0, 0.05) is 5.92 Å². The largest absolute Gasteiger partial charge is 0.477 e. The molecule has 0 aromatic heterocycles. The van der Waals surface area contributed by atoms with Gasteiger partial charge in [0.15, 0.2) is 0 Å². The molecular weight excluding hydrogens is 242 g/mol. The molecule has 0 saturated heterocycles. The van der Waals surface area contributed by atoms with Gasteiger partial charge in [0.1, 0.15) is 6.10 Å². The maximum Gasteiger partial charge on any atom is 0.377 e.